The molecule has 0 unspecified atom stereocenters. The Hall–Kier alpha value is -2.38. The van der Waals surface area contributed by atoms with Crippen LogP contribution in [-0.4, -0.2) is 69.0 Å². The SMILES string of the molecule is COc1ccc(SCC(=O)N2CCN(Cc3ccc(OC)c(OC)c3)CC2)cc1. The van der Waals surface area contributed by atoms with Gasteiger partial charge in [-0.1, -0.05) is 6.07 Å². The maximum absolute atomic E-state index is 12.5. The summed E-state index contributed by atoms with van der Waals surface area (Å²) in [6, 6.07) is 13.8. The topological polar surface area (TPSA) is 51.2 Å². The molecule has 0 saturated carbocycles. The van der Waals surface area contributed by atoms with Crippen LogP contribution in [0.25, 0.3) is 0 Å². The molecule has 1 aliphatic rings. The Morgan fingerprint density at radius 3 is 2.21 bits per heavy atom. The number of carbonyl (C=O) groups is 1. The number of piperazine rings is 1. The van der Waals surface area contributed by atoms with Gasteiger partial charge in [0.2, 0.25) is 5.91 Å². The Labute approximate surface area is 176 Å². The summed E-state index contributed by atoms with van der Waals surface area (Å²) in [5.41, 5.74) is 1.18. The molecule has 156 valence electrons. The molecule has 7 heteroatoms. The molecule has 0 N–H and O–H groups in total. The molecule has 2 aromatic rings. The molecular weight excluding hydrogens is 388 g/mol. The van der Waals surface area contributed by atoms with Gasteiger partial charge in [0, 0.05) is 37.6 Å². The molecule has 1 amide bonds. The van der Waals surface area contributed by atoms with Gasteiger partial charge in [-0.2, -0.15) is 0 Å². The predicted molar refractivity (Wildman–Crippen MR) is 115 cm³/mol. The molecule has 29 heavy (non-hydrogen) atoms. The lowest BCUT2D eigenvalue weighted by atomic mass is 10.1. The van der Waals surface area contributed by atoms with Crippen LogP contribution in [0.5, 0.6) is 17.2 Å². The van der Waals surface area contributed by atoms with Crippen molar-refractivity contribution in [1.82, 2.24) is 9.80 Å². The molecule has 0 aromatic heterocycles. The van der Waals surface area contributed by atoms with Gasteiger partial charge < -0.3 is 19.1 Å². The molecule has 0 spiro atoms. The average Bonchev–Trinajstić information content (AvgIpc) is 2.78. The number of ether oxygens (including phenoxy) is 3. The number of amides is 1. The highest BCUT2D eigenvalue weighted by molar-refractivity contribution is 8.00. The van der Waals surface area contributed by atoms with E-state index in [-0.39, 0.29) is 5.91 Å². The minimum absolute atomic E-state index is 0.191. The largest absolute Gasteiger partial charge is 0.497 e. The number of benzene rings is 2. The summed E-state index contributed by atoms with van der Waals surface area (Å²) in [6.45, 7) is 4.09. The maximum Gasteiger partial charge on any atom is 0.233 e. The minimum atomic E-state index is 0.191. The zero-order valence-electron chi connectivity index (χ0n) is 17.2. The fourth-order valence-corrected chi connectivity index (χ4v) is 4.10. The first-order valence-corrected chi connectivity index (χ1v) is 10.6. The number of nitrogens with zero attached hydrogens (tertiary/aromatic N) is 2. The minimum Gasteiger partial charge on any atom is -0.497 e. The van der Waals surface area contributed by atoms with Crippen molar-refractivity contribution >= 4 is 17.7 Å². The van der Waals surface area contributed by atoms with Gasteiger partial charge in [-0.05, 0) is 42.0 Å². The van der Waals surface area contributed by atoms with E-state index < -0.39 is 0 Å². The predicted octanol–water partition coefficient (Wildman–Crippen LogP) is 3.15. The van der Waals surface area contributed by atoms with Gasteiger partial charge >= 0.3 is 0 Å². The van der Waals surface area contributed by atoms with Gasteiger partial charge in [0.05, 0.1) is 27.1 Å². The number of rotatable bonds is 8. The second-order valence-electron chi connectivity index (χ2n) is 6.81. The zero-order valence-corrected chi connectivity index (χ0v) is 18.0. The lowest BCUT2D eigenvalue weighted by Gasteiger charge is -2.34. The molecule has 1 fully saturated rings. The summed E-state index contributed by atoms with van der Waals surface area (Å²) in [7, 11) is 4.94. The molecule has 0 radical (unpaired) electrons. The first-order valence-electron chi connectivity index (χ1n) is 9.61. The Bertz CT molecular complexity index is 805. The van der Waals surface area contributed by atoms with Crippen molar-refractivity contribution < 1.29 is 19.0 Å². The van der Waals surface area contributed by atoms with E-state index >= 15 is 0 Å². The van der Waals surface area contributed by atoms with E-state index in [1.807, 2.05) is 41.3 Å². The standard InChI is InChI=1S/C22H28N2O4S/c1-26-18-5-7-19(8-6-18)29-16-22(25)24-12-10-23(11-13-24)15-17-4-9-20(27-2)21(14-17)28-3/h4-9,14H,10-13,15-16H2,1-3H3. The smallest absolute Gasteiger partial charge is 0.233 e. The third-order valence-corrected chi connectivity index (χ3v) is 6.00. The number of carbonyl (C=O) groups excluding carboxylic acids is 1. The third-order valence-electron chi connectivity index (χ3n) is 5.00. The summed E-state index contributed by atoms with van der Waals surface area (Å²) in [5.74, 6) is 2.96. The van der Waals surface area contributed by atoms with E-state index in [2.05, 4.69) is 11.0 Å². The Kier molecular flexibility index (Phi) is 7.66. The van der Waals surface area contributed by atoms with Crippen LogP contribution in [0.3, 0.4) is 0 Å². The normalized spacial score (nSPS) is 14.5. The van der Waals surface area contributed by atoms with Crippen LogP contribution in [0.4, 0.5) is 0 Å². The third kappa shape index (κ3) is 5.81. The quantitative estimate of drug-likeness (QED) is 0.616. The molecule has 0 atom stereocenters. The highest BCUT2D eigenvalue weighted by atomic mass is 32.2. The van der Waals surface area contributed by atoms with Crippen LogP contribution in [0.15, 0.2) is 47.4 Å². The molecule has 0 aliphatic carbocycles. The van der Waals surface area contributed by atoms with Crippen molar-refractivity contribution in [3.8, 4) is 17.2 Å². The second-order valence-corrected chi connectivity index (χ2v) is 7.86. The van der Waals surface area contributed by atoms with Crippen molar-refractivity contribution in [1.29, 1.82) is 0 Å². The molecule has 0 bridgehead atoms. The summed E-state index contributed by atoms with van der Waals surface area (Å²) in [5, 5.41) is 0. The summed E-state index contributed by atoms with van der Waals surface area (Å²) >= 11 is 1.57. The summed E-state index contributed by atoms with van der Waals surface area (Å²) in [6.07, 6.45) is 0. The van der Waals surface area contributed by atoms with Crippen LogP contribution < -0.4 is 14.2 Å². The molecule has 1 aliphatic heterocycles. The van der Waals surface area contributed by atoms with Crippen molar-refractivity contribution in [2.45, 2.75) is 11.4 Å². The van der Waals surface area contributed by atoms with E-state index in [1.165, 1.54) is 5.56 Å². The van der Waals surface area contributed by atoms with Crippen molar-refractivity contribution in [3.63, 3.8) is 0 Å². The number of hydrogen-bond donors (Lipinski definition) is 0. The molecule has 6 nitrogen and oxygen atoms in total. The van der Waals surface area contributed by atoms with Crippen molar-refractivity contribution in [3.05, 3.63) is 48.0 Å². The number of hydrogen-bond acceptors (Lipinski definition) is 6. The molecular formula is C22H28N2O4S. The first kappa shape index (κ1) is 21.3. The zero-order chi connectivity index (χ0) is 20.6. The fraction of sp³-hybridized carbons (Fsp3) is 0.409. The van der Waals surface area contributed by atoms with E-state index in [0.717, 1.165) is 54.9 Å². The van der Waals surface area contributed by atoms with Crippen LogP contribution in [0.1, 0.15) is 5.56 Å². The van der Waals surface area contributed by atoms with Gasteiger partial charge in [-0.25, -0.2) is 0 Å². The lowest BCUT2D eigenvalue weighted by molar-refractivity contribution is -0.130. The molecule has 1 heterocycles. The number of methoxy groups -OCH3 is 3. The van der Waals surface area contributed by atoms with Crippen molar-refractivity contribution in [2.75, 3.05) is 53.3 Å². The number of thioether (sulfide) groups is 1. The molecule has 1 saturated heterocycles. The van der Waals surface area contributed by atoms with E-state index in [0.29, 0.717) is 5.75 Å². The molecule has 2 aromatic carbocycles. The van der Waals surface area contributed by atoms with Crippen LogP contribution in [0.2, 0.25) is 0 Å². The van der Waals surface area contributed by atoms with Crippen LogP contribution >= 0.6 is 11.8 Å². The first-order chi connectivity index (χ1) is 14.1. The fourth-order valence-electron chi connectivity index (χ4n) is 3.30. The van der Waals surface area contributed by atoms with Gasteiger partial charge in [0.1, 0.15) is 5.75 Å². The van der Waals surface area contributed by atoms with Crippen molar-refractivity contribution in [2.24, 2.45) is 0 Å². The van der Waals surface area contributed by atoms with Gasteiger partial charge in [-0.15, -0.1) is 11.8 Å². The van der Waals surface area contributed by atoms with Crippen LogP contribution in [-0.2, 0) is 11.3 Å². The Balaban J connectivity index is 1.45. The van der Waals surface area contributed by atoms with E-state index in [1.54, 1.807) is 33.1 Å². The highest BCUT2D eigenvalue weighted by Gasteiger charge is 2.21. The molecule has 3 rings (SSSR count). The van der Waals surface area contributed by atoms with Gasteiger partial charge in [0.15, 0.2) is 11.5 Å². The summed E-state index contributed by atoms with van der Waals surface area (Å²) < 4.78 is 15.8. The van der Waals surface area contributed by atoms with Crippen LogP contribution in [0, 0.1) is 0 Å². The van der Waals surface area contributed by atoms with E-state index in [4.69, 9.17) is 14.2 Å². The lowest BCUT2D eigenvalue weighted by Crippen LogP contribution is -2.48. The maximum atomic E-state index is 12.5. The van der Waals surface area contributed by atoms with E-state index in [9.17, 15) is 4.79 Å². The van der Waals surface area contributed by atoms with Gasteiger partial charge in [-0.3, -0.25) is 9.69 Å². The second kappa shape index (κ2) is 10.4. The highest BCUT2D eigenvalue weighted by Crippen LogP contribution is 2.28. The monoisotopic (exact) mass is 416 g/mol. The Morgan fingerprint density at radius 1 is 0.897 bits per heavy atom. The average molecular weight is 417 g/mol. The Morgan fingerprint density at radius 2 is 1.59 bits per heavy atom. The summed E-state index contributed by atoms with van der Waals surface area (Å²) in [4.78, 5) is 17.9. The van der Waals surface area contributed by atoms with Gasteiger partial charge in [0.25, 0.3) is 0 Å².